The van der Waals surface area contributed by atoms with Crippen molar-refractivity contribution in [3.8, 4) is 0 Å². The highest BCUT2D eigenvalue weighted by Crippen LogP contribution is 2.63. The Hall–Kier alpha value is -3.72. The van der Waals surface area contributed by atoms with Gasteiger partial charge in [-0.3, -0.25) is 55.5 Å². The molecule has 4 aromatic heterocycles. The van der Waals surface area contributed by atoms with Crippen molar-refractivity contribution in [2.24, 2.45) is 21.7 Å². The van der Waals surface area contributed by atoms with Gasteiger partial charge in [0.05, 0.1) is 50.5 Å². The molecule has 0 bridgehead atoms. The van der Waals surface area contributed by atoms with Crippen LogP contribution in [0, 0.1) is 35.5 Å². The highest BCUT2D eigenvalue weighted by molar-refractivity contribution is 7.61. The summed E-state index contributed by atoms with van der Waals surface area (Å²) >= 11 is 0. The number of aliphatic hydroxyl groups is 4. The summed E-state index contributed by atoms with van der Waals surface area (Å²) in [4.78, 5) is 152. The number of nitrogens with zero attached hydrogens (tertiary/aromatic N) is 8. The van der Waals surface area contributed by atoms with E-state index in [9.17, 15) is 106 Å². The Morgan fingerprint density at radius 2 is 0.824 bits per heavy atom. The second-order valence-corrected chi connectivity index (χ2v) is 36.4. The van der Waals surface area contributed by atoms with Crippen molar-refractivity contribution in [3.63, 3.8) is 0 Å². The Kier molecular flexibility index (Phi) is 32.4. The highest BCUT2D eigenvalue weighted by Gasteiger charge is 2.52. The summed E-state index contributed by atoms with van der Waals surface area (Å²) in [6.45, 7) is 17.1. The SMILES string of the molecule is C.Cc1ncnc2c1ncn2C1OC(COP(=O)(O)OP(=O)(O)OCC(C)(C)C(O)C(=O)CCCC(=O)CCC(C)(C)C)C(OP(=O)(O)O)C1O.Cc1ncnc2c1ncn2C1OC(COP(=O)(O)OP(=O)(O)OCC(C)(C)C(O)C(=O)CCCC(=O)CCCC(C)(C)C)C(OP(=O)(O)O)C1O. The van der Waals surface area contributed by atoms with Crippen molar-refractivity contribution < 1.29 is 151 Å². The highest BCUT2D eigenvalue weighted by atomic mass is 31.3. The van der Waals surface area contributed by atoms with Gasteiger partial charge >= 0.3 is 46.9 Å². The van der Waals surface area contributed by atoms with Crippen molar-refractivity contribution in [3.05, 3.63) is 36.7 Å². The van der Waals surface area contributed by atoms with Gasteiger partial charge in [0.25, 0.3) is 0 Å². The molecule has 2 aliphatic rings. The maximum absolute atomic E-state index is 12.7. The molecule has 0 amide bonds. The summed E-state index contributed by atoms with van der Waals surface area (Å²) in [5, 5.41) is 42.9. The molecule has 0 radical (unpaired) electrons. The Labute approximate surface area is 587 Å². The van der Waals surface area contributed by atoms with Crippen LogP contribution in [0.25, 0.3) is 22.3 Å². The second kappa shape index (κ2) is 36.5. The zero-order valence-electron chi connectivity index (χ0n) is 57.5. The predicted octanol–water partition coefficient (Wildman–Crippen LogP) is 6.31. The molecule has 102 heavy (non-hydrogen) atoms. The van der Waals surface area contributed by atoms with Crippen LogP contribution in [0.3, 0.4) is 0 Å². The number of aliphatic hydroxyl groups excluding tert-OH is 4. The van der Waals surface area contributed by atoms with Gasteiger partial charge in [-0.15, -0.1) is 0 Å². The summed E-state index contributed by atoms with van der Waals surface area (Å²) in [6, 6.07) is 0. The first-order chi connectivity index (χ1) is 46.1. The van der Waals surface area contributed by atoms with E-state index in [1.54, 1.807) is 13.8 Å². The topological polar surface area (TPSA) is 593 Å². The Bertz CT molecular complexity index is 3810. The minimum atomic E-state index is -5.51. The number of rotatable bonds is 39. The Morgan fingerprint density at radius 3 is 1.17 bits per heavy atom. The van der Waals surface area contributed by atoms with Crippen LogP contribution in [0.1, 0.15) is 171 Å². The smallest absolute Gasteiger partial charge is 0.386 e. The van der Waals surface area contributed by atoms with E-state index in [2.05, 4.69) is 68.3 Å². The molecule has 0 aliphatic carbocycles. The van der Waals surface area contributed by atoms with Crippen LogP contribution in [-0.2, 0) is 91.8 Å². The minimum Gasteiger partial charge on any atom is -0.386 e. The van der Waals surface area contributed by atoms with E-state index in [0.29, 0.717) is 41.7 Å². The van der Waals surface area contributed by atoms with Gasteiger partial charge in [0.1, 0.15) is 84.1 Å². The molecule has 14 unspecified atom stereocenters. The molecule has 6 heterocycles. The fourth-order valence-electron chi connectivity index (χ4n) is 10.0. The van der Waals surface area contributed by atoms with Crippen LogP contribution < -0.4 is 0 Å². The second-order valence-electron chi connectivity index (χ2n) is 27.9. The number of ketones is 4. The van der Waals surface area contributed by atoms with Crippen LogP contribution in [0.5, 0.6) is 0 Å². The average molecular weight is 1580 g/mol. The number of hydrogen-bond acceptors (Lipinski definition) is 30. The number of hydrogen-bond donors (Lipinski definition) is 12. The zero-order chi connectivity index (χ0) is 76.5. The molecule has 2 aliphatic heterocycles. The van der Waals surface area contributed by atoms with E-state index in [1.807, 2.05) is 20.8 Å². The van der Waals surface area contributed by atoms with Gasteiger partial charge in [-0.25, -0.2) is 57.3 Å². The van der Waals surface area contributed by atoms with Gasteiger partial charge in [-0.2, -0.15) is 8.62 Å². The van der Waals surface area contributed by atoms with E-state index in [4.69, 9.17) is 27.6 Å². The molecule has 2 saturated heterocycles. The van der Waals surface area contributed by atoms with Crippen LogP contribution in [0.2, 0.25) is 0 Å². The van der Waals surface area contributed by atoms with E-state index in [0.717, 1.165) is 12.8 Å². The summed E-state index contributed by atoms with van der Waals surface area (Å²) in [5.41, 5.74) is -0.985. The van der Waals surface area contributed by atoms with Crippen LogP contribution >= 0.6 is 46.9 Å². The Morgan fingerprint density at radius 1 is 0.490 bits per heavy atom. The molecule has 582 valence electrons. The third-order valence-corrected chi connectivity index (χ3v) is 21.8. The largest absolute Gasteiger partial charge is 0.481 e. The van der Waals surface area contributed by atoms with E-state index in [1.165, 1.54) is 62.1 Å². The van der Waals surface area contributed by atoms with Crippen molar-refractivity contribution in [2.45, 2.75) is 222 Å². The average Bonchev–Trinajstić information content (AvgIpc) is 1.62. The molecule has 0 spiro atoms. The quantitative estimate of drug-likeness (QED) is 0.0218. The number of ether oxygens (including phenoxy) is 2. The number of phosphoric ester groups is 6. The number of carbonyl (C=O) groups excluding carboxylic acids is 4. The van der Waals surface area contributed by atoms with Crippen LogP contribution in [0.15, 0.2) is 25.3 Å². The first-order valence-electron chi connectivity index (χ1n) is 31.3. The van der Waals surface area contributed by atoms with Crippen molar-refractivity contribution in [1.29, 1.82) is 0 Å². The lowest BCUT2D eigenvalue weighted by Crippen LogP contribution is -2.39. The lowest BCUT2D eigenvalue weighted by molar-refractivity contribution is -0.135. The molecular formula is C56H96N8O32P6. The van der Waals surface area contributed by atoms with E-state index in [-0.39, 0.29) is 79.6 Å². The van der Waals surface area contributed by atoms with E-state index < -0.39 is 157 Å². The first-order valence-corrected chi connectivity index (χ1v) is 40.4. The van der Waals surface area contributed by atoms with Gasteiger partial charge in [-0.1, -0.05) is 76.7 Å². The van der Waals surface area contributed by atoms with Gasteiger partial charge in [-0.05, 0) is 56.8 Å². The summed E-state index contributed by atoms with van der Waals surface area (Å²) in [5.74, 6) is -1.32. The molecule has 0 saturated carbocycles. The molecule has 46 heteroatoms. The molecular weight excluding hydrogens is 1480 g/mol. The number of aryl methyl sites for hydroxylation is 2. The third kappa shape index (κ3) is 28.4. The van der Waals surface area contributed by atoms with Gasteiger partial charge in [0.15, 0.2) is 35.3 Å². The summed E-state index contributed by atoms with van der Waals surface area (Å²) < 4.78 is 125. The zero-order valence-corrected chi connectivity index (χ0v) is 62.8. The predicted molar refractivity (Wildman–Crippen MR) is 355 cm³/mol. The molecule has 6 rings (SSSR count). The molecule has 40 nitrogen and oxygen atoms in total. The molecule has 4 aromatic rings. The first kappa shape index (κ1) is 90.7. The lowest BCUT2D eigenvalue weighted by atomic mass is 9.83. The monoisotopic (exact) mass is 1580 g/mol. The molecule has 0 aromatic carbocycles. The number of carbonyl (C=O) groups is 4. The molecule has 12 N–H and O–H groups in total. The summed E-state index contributed by atoms with van der Waals surface area (Å²) in [7, 11) is -32.4. The molecule has 14 atom stereocenters. The fourth-order valence-corrected chi connectivity index (χ4v) is 15.7. The molecule has 2 fully saturated rings. The number of fused-ring (bicyclic) bond motifs is 2. The number of Topliss-reactive ketones (excluding diaryl/α,β-unsaturated/α-hetero) is 4. The van der Waals surface area contributed by atoms with Gasteiger partial charge in [0.2, 0.25) is 0 Å². The minimum absolute atomic E-state index is 0. The summed E-state index contributed by atoms with van der Waals surface area (Å²) in [6.07, 6.45) is -8.73. The third-order valence-electron chi connectivity index (χ3n) is 15.6. The standard InChI is InChI=1S/C28H47N4O16P3.C27H45N4O16P3.CH4/c1-17-21-25(30-15-29-17)32(16-31-21)26-22(35)23(47-49(37,38)39)20(46-26)13-44-50(40,41)48-51(42,43)45-14-28(5,6)24(36)19(34)11-7-9-18(33)10-8-12-27(2,3)4;1-16-20-24(29-14-28-16)31(15-30-20)25-21(34)22(46-48(36,37)38)19(45-25)12-43-49(39,40)47-50(41,42)44-13-27(5,6)23(35)18(33)9-7-8-17(32)10-11-26(2,3)4;/h15-16,20,22-24,26,35-36H,7-14H2,1-6H3,(H,40,41)(H,42,43)(H2,37,38,39);14-15,19,21-23,25,34-35H,7-13H2,1-6H3,(H,39,40)(H,41,42)(H2,36,37,38);1H4. The number of aromatic nitrogens is 8. The van der Waals surface area contributed by atoms with Gasteiger partial charge in [0, 0.05) is 49.4 Å². The van der Waals surface area contributed by atoms with Crippen molar-refractivity contribution in [1.82, 2.24) is 39.0 Å². The van der Waals surface area contributed by atoms with Crippen molar-refractivity contribution >= 4 is 92.4 Å². The maximum Gasteiger partial charge on any atom is 0.481 e. The van der Waals surface area contributed by atoms with Gasteiger partial charge < -0.3 is 69.0 Å². The normalized spacial score (nSPS) is 23.1. The Balaban J connectivity index is 0.000000428. The number of imidazole rings is 2. The lowest BCUT2D eigenvalue weighted by Gasteiger charge is -2.30. The maximum atomic E-state index is 12.7. The van der Waals surface area contributed by atoms with Crippen LogP contribution in [-0.4, -0.2) is 197 Å². The van der Waals surface area contributed by atoms with Crippen LogP contribution in [0.4, 0.5) is 0 Å². The number of phosphoric acid groups is 6. The van der Waals surface area contributed by atoms with Crippen molar-refractivity contribution in [2.75, 3.05) is 26.4 Å². The van der Waals surface area contributed by atoms with E-state index >= 15 is 0 Å². The fraction of sp³-hybridized carbons (Fsp3) is 0.750.